The predicted octanol–water partition coefficient (Wildman–Crippen LogP) is 1.69. The van der Waals surface area contributed by atoms with Gasteiger partial charge in [0.2, 0.25) is 0 Å². The van der Waals surface area contributed by atoms with Gasteiger partial charge >= 0.3 is 11.9 Å². The molecule has 0 amide bonds. The van der Waals surface area contributed by atoms with Gasteiger partial charge in [-0.15, -0.1) is 0 Å². The molecule has 1 N–H and O–H groups in total. The maximum Gasteiger partial charge on any atom is 0.305 e. The first-order valence-corrected chi connectivity index (χ1v) is 4.74. The quantitative estimate of drug-likeness (QED) is 0.666. The van der Waals surface area contributed by atoms with Crippen molar-refractivity contribution in [2.75, 3.05) is 7.11 Å². The van der Waals surface area contributed by atoms with Gasteiger partial charge in [0.15, 0.2) is 0 Å². The highest BCUT2D eigenvalue weighted by atomic mass is 16.5. The Hall–Kier alpha value is -1.06. The molecule has 14 heavy (non-hydrogen) atoms. The van der Waals surface area contributed by atoms with E-state index in [2.05, 4.69) is 4.74 Å². The van der Waals surface area contributed by atoms with E-state index < -0.39 is 5.97 Å². The second-order valence-electron chi connectivity index (χ2n) is 3.87. The van der Waals surface area contributed by atoms with E-state index in [0.717, 1.165) is 6.42 Å². The Kier molecular flexibility index (Phi) is 5.92. The van der Waals surface area contributed by atoms with Gasteiger partial charge in [-0.1, -0.05) is 13.8 Å². The second-order valence-corrected chi connectivity index (χ2v) is 3.87. The van der Waals surface area contributed by atoms with E-state index in [1.165, 1.54) is 7.11 Å². The first-order chi connectivity index (χ1) is 6.45. The van der Waals surface area contributed by atoms with Crippen LogP contribution in [0, 0.1) is 11.8 Å². The molecular formula is C10H18O4. The Labute approximate surface area is 84.3 Å². The number of hydrogen-bond acceptors (Lipinski definition) is 3. The molecule has 0 saturated heterocycles. The van der Waals surface area contributed by atoms with Crippen LogP contribution in [-0.2, 0) is 14.3 Å². The van der Waals surface area contributed by atoms with Crippen LogP contribution in [0.4, 0.5) is 0 Å². The summed E-state index contributed by atoms with van der Waals surface area (Å²) in [5, 5.41) is 8.63. The van der Waals surface area contributed by atoms with Gasteiger partial charge in [-0.3, -0.25) is 9.59 Å². The Morgan fingerprint density at radius 1 is 1.29 bits per heavy atom. The zero-order valence-electron chi connectivity index (χ0n) is 8.95. The van der Waals surface area contributed by atoms with Gasteiger partial charge in [0.1, 0.15) is 0 Å². The maximum atomic E-state index is 11.0. The molecule has 1 atom stereocenters. The lowest BCUT2D eigenvalue weighted by Crippen LogP contribution is -2.15. The summed E-state index contributed by atoms with van der Waals surface area (Å²) in [4.78, 5) is 21.5. The largest absolute Gasteiger partial charge is 0.481 e. The molecule has 0 aliphatic heterocycles. The van der Waals surface area contributed by atoms with Crippen molar-refractivity contribution in [3.05, 3.63) is 0 Å². The van der Waals surface area contributed by atoms with Crippen LogP contribution in [-0.4, -0.2) is 24.2 Å². The van der Waals surface area contributed by atoms with Crippen LogP contribution in [0.3, 0.4) is 0 Å². The molecule has 4 heteroatoms. The molecule has 0 spiro atoms. The molecule has 0 fully saturated rings. The molecule has 82 valence electrons. The number of ether oxygens (including phenoxy) is 1. The van der Waals surface area contributed by atoms with Crippen LogP contribution < -0.4 is 0 Å². The lowest BCUT2D eigenvalue weighted by molar-refractivity contribution is -0.143. The number of aliphatic carboxylic acids is 1. The monoisotopic (exact) mass is 202 g/mol. The number of rotatable bonds is 6. The average Bonchev–Trinajstić information content (AvgIpc) is 2.01. The minimum absolute atomic E-state index is 0.0350. The summed E-state index contributed by atoms with van der Waals surface area (Å²) >= 11 is 0. The summed E-state index contributed by atoms with van der Waals surface area (Å²) in [5.41, 5.74) is 0. The minimum atomic E-state index is -0.862. The van der Waals surface area contributed by atoms with Gasteiger partial charge in [-0.25, -0.2) is 0 Å². The number of carboxylic acid groups (broad SMARTS) is 1. The molecule has 4 nitrogen and oxygen atoms in total. The van der Waals surface area contributed by atoms with Gasteiger partial charge in [-0.2, -0.15) is 0 Å². The third-order valence-electron chi connectivity index (χ3n) is 1.95. The topological polar surface area (TPSA) is 63.6 Å². The molecule has 0 bridgehead atoms. The fraction of sp³-hybridized carbons (Fsp3) is 0.800. The van der Waals surface area contributed by atoms with Crippen LogP contribution in [0.1, 0.15) is 33.1 Å². The van der Waals surface area contributed by atoms with E-state index in [-0.39, 0.29) is 24.7 Å². The molecule has 0 radical (unpaired) electrons. The minimum Gasteiger partial charge on any atom is -0.481 e. The standard InChI is InChI=1S/C10H18O4/c1-7(2)4-8(5-9(11)12)6-10(13)14-3/h7-8H,4-6H2,1-3H3,(H,11,12)/t8-/m1/s1. The van der Waals surface area contributed by atoms with Crippen molar-refractivity contribution in [2.45, 2.75) is 33.1 Å². The summed E-state index contributed by atoms with van der Waals surface area (Å²) in [6.07, 6.45) is 0.968. The zero-order valence-corrected chi connectivity index (χ0v) is 8.95. The fourth-order valence-corrected chi connectivity index (χ4v) is 1.47. The van der Waals surface area contributed by atoms with E-state index in [1.54, 1.807) is 0 Å². The van der Waals surface area contributed by atoms with Gasteiger partial charge in [0, 0.05) is 12.8 Å². The predicted molar refractivity (Wildman–Crippen MR) is 51.8 cm³/mol. The van der Waals surface area contributed by atoms with Crippen molar-refractivity contribution in [3.8, 4) is 0 Å². The van der Waals surface area contributed by atoms with Crippen molar-refractivity contribution < 1.29 is 19.4 Å². The Morgan fingerprint density at radius 3 is 2.21 bits per heavy atom. The number of carbonyl (C=O) groups excluding carboxylic acids is 1. The molecule has 0 aromatic carbocycles. The molecule has 0 saturated carbocycles. The summed E-state index contributed by atoms with van der Waals surface area (Å²) in [5.74, 6) is -0.916. The van der Waals surface area contributed by atoms with E-state index in [9.17, 15) is 9.59 Å². The smallest absolute Gasteiger partial charge is 0.305 e. The molecule has 0 aliphatic carbocycles. The Morgan fingerprint density at radius 2 is 1.86 bits per heavy atom. The number of carbonyl (C=O) groups is 2. The van der Waals surface area contributed by atoms with Crippen LogP contribution in [0.2, 0.25) is 0 Å². The SMILES string of the molecule is COC(=O)C[C@@H](CC(=O)O)CC(C)C. The molecule has 0 aromatic rings. The summed E-state index contributed by atoms with van der Waals surface area (Å²) in [7, 11) is 1.32. The van der Waals surface area contributed by atoms with Gasteiger partial charge in [0.05, 0.1) is 7.11 Å². The molecule has 0 aromatic heterocycles. The lowest BCUT2D eigenvalue weighted by Gasteiger charge is -2.15. The Balaban J connectivity index is 4.09. The van der Waals surface area contributed by atoms with Crippen molar-refractivity contribution in [2.24, 2.45) is 11.8 Å². The summed E-state index contributed by atoms with van der Waals surface area (Å²) in [6, 6.07) is 0. The highest BCUT2D eigenvalue weighted by Gasteiger charge is 2.18. The van der Waals surface area contributed by atoms with Crippen molar-refractivity contribution >= 4 is 11.9 Å². The second kappa shape index (κ2) is 6.40. The van der Waals surface area contributed by atoms with Crippen molar-refractivity contribution in [1.82, 2.24) is 0 Å². The Bertz CT molecular complexity index is 198. The van der Waals surface area contributed by atoms with E-state index in [4.69, 9.17) is 5.11 Å². The van der Waals surface area contributed by atoms with Crippen molar-refractivity contribution in [3.63, 3.8) is 0 Å². The molecule has 0 aliphatic rings. The number of carboxylic acids is 1. The third-order valence-corrected chi connectivity index (χ3v) is 1.95. The number of methoxy groups -OCH3 is 1. The molecule has 0 unspecified atom stereocenters. The first kappa shape index (κ1) is 12.9. The van der Waals surface area contributed by atoms with E-state index in [1.807, 2.05) is 13.8 Å². The summed E-state index contributed by atoms with van der Waals surface area (Å²) in [6.45, 7) is 4.01. The lowest BCUT2D eigenvalue weighted by atomic mass is 9.91. The number of esters is 1. The average molecular weight is 202 g/mol. The van der Waals surface area contributed by atoms with Crippen LogP contribution in [0.5, 0.6) is 0 Å². The fourth-order valence-electron chi connectivity index (χ4n) is 1.47. The van der Waals surface area contributed by atoms with Gasteiger partial charge in [-0.05, 0) is 18.3 Å². The molecule has 0 rings (SSSR count). The number of hydrogen-bond donors (Lipinski definition) is 1. The third kappa shape index (κ3) is 6.46. The van der Waals surface area contributed by atoms with Crippen molar-refractivity contribution in [1.29, 1.82) is 0 Å². The highest BCUT2D eigenvalue weighted by Crippen LogP contribution is 2.19. The van der Waals surface area contributed by atoms with Crippen LogP contribution in [0.15, 0.2) is 0 Å². The van der Waals surface area contributed by atoms with Crippen LogP contribution in [0.25, 0.3) is 0 Å². The van der Waals surface area contributed by atoms with E-state index >= 15 is 0 Å². The van der Waals surface area contributed by atoms with Gasteiger partial charge in [0.25, 0.3) is 0 Å². The molecular weight excluding hydrogens is 184 g/mol. The normalized spacial score (nSPS) is 12.6. The molecule has 0 heterocycles. The van der Waals surface area contributed by atoms with Crippen LogP contribution >= 0.6 is 0 Å². The highest BCUT2D eigenvalue weighted by molar-refractivity contribution is 5.72. The first-order valence-electron chi connectivity index (χ1n) is 4.74. The summed E-state index contributed by atoms with van der Waals surface area (Å²) < 4.78 is 4.51. The van der Waals surface area contributed by atoms with E-state index in [0.29, 0.717) is 5.92 Å². The zero-order chi connectivity index (χ0) is 11.1. The van der Waals surface area contributed by atoms with Gasteiger partial charge < -0.3 is 9.84 Å². The maximum absolute atomic E-state index is 11.0.